The zero-order valence-electron chi connectivity index (χ0n) is 9.88. The number of rotatable bonds is 2. The van der Waals surface area contributed by atoms with Gasteiger partial charge in [0.2, 0.25) is 0 Å². The second-order valence-corrected chi connectivity index (χ2v) is 4.42. The van der Waals surface area contributed by atoms with Gasteiger partial charge in [0.1, 0.15) is 18.8 Å². The maximum absolute atomic E-state index is 10.0. The third kappa shape index (κ3) is 1.69. The van der Waals surface area contributed by atoms with Crippen LogP contribution in [0.1, 0.15) is 0 Å². The van der Waals surface area contributed by atoms with E-state index in [1.807, 2.05) is 0 Å². The number of imidazole rings is 1. The van der Waals surface area contributed by atoms with Crippen molar-refractivity contribution in [2.75, 3.05) is 12.3 Å². The quantitative estimate of drug-likeness (QED) is 0.523. The molecule has 5 N–H and O–H groups in total. The van der Waals surface area contributed by atoms with Crippen molar-refractivity contribution in [3.63, 3.8) is 0 Å². The molecule has 3 atom stereocenters. The summed E-state index contributed by atoms with van der Waals surface area (Å²) in [5.74, 6) is -0.266. The lowest BCUT2D eigenvalue weighted by Crippen LogP contribution is -2.30. The number of hydrogen-bond acceptors (Lipinski definition) is 7. The summed E-state index contributed by atoms with van der Waals surface area (Å²) in [6, 6.07) is 0. The van der Waals surface area contributed by atoms with E-state index in [2.05, 4.69) is 15.0 Å². The lowest BCUT2D eigenvalue weighted by atomic mass is 10.1. The highest BCUT2D eigenvalue weighted by atomic mass is 16.3. The topological polar surface area (TPSA) is 130 Å². The lowest BCUT2D eigenvalue weighted by Gasteiger charge is -2.16. The summed E-state index contributed by atoms with van der Waals surface area (Å²) in [4.78, 5) is 12.0. The van der Waals surface area contributed by atoms with Gasteiger partial charge in [0.05, 0.1) is 18.4 Å². The van der Waals surface area contributed by atoms with Crippen molar-refractivity contribution in [2.45, 2.75) is 12.2 Å². The molecule has 0 unspecified atom stereocenters. The molecule has 0 spiro atoms. The van der Waals surface area contributed by atoms with Crippen molar-refractivity contribution in [3.05, 3.63) is 18.7 Å². The van der Waals surface area contributed by atoms with Crippen molar-refractivity contribution in [3.8, 4) is 0 Å². The van der Waals surface area contributed by atoms with Crippen molar-refractivity contribution in [1.82, 2.24) is 19.5 Å². The van der Waals surface area contributed by atoms with E-state index in [1.54, 1.807) is 6.08 Å². The molecule has 19 heavy (non-hydrogen) atoms. The van der Waals surface area contributed by atoms with Gasteiger partial charge in [-0.3, -0.25) is 4.57 Å². The van der Waals surface area contributed by atoms with Gasteiger partial charge in [-0.25, -0.2) is 15.0 Å². The second kappa shape index (κ2) is 4.26. The number of nitrogens with zero attached hydrogens (tertiary/aromatic N) is 4. The molecule has 2 heterocycles. The predicted molar refractivity (Wildman–Crippen MR) is 66.6 cm³/mol. The van der Waals surface area contributed by atoms with Crippen molar-refractivity contribution in [1.29, 1.82) is 0 Å². The third-order valence-electron chi connectivity index (χ3n) is 3.30. The molecule has 2 aromatic heterocycles. The average molecular weight is 263 g/mol. The Morgan fingerprint density at radius 1 is 1.26 bits per heavy atom. The van der Waals surface area contributed by atoms with E-state index in [4.69, 9.17) is 10.8 Å². The molecular formula is C11H13N5O3. The van der Waals surface area contributed by atoms with Gasteiger partial charge in [0.15, 0.2) is 17.0 Å². The van der Waals surface area contributed by atoms with Crippen LogP contribution >= 0.6 is 0 Å². The minimum Gasteiger partial charge on any atom is -0.396 e. The highest BCUT2D eigenvalue weighted by molar-refractivity contribution is 5.84. The molecule has 2 aromatic rings. The van der Waals surface area contributed by atoms with E-state index in [9.17, 15) is 10.2 Å². The largest absolute Gasteiger partial charge is 0.396 e. The van der Waals surface area contributed by atoms with Crippen molar-refractivity contribution < 1.29 is 15.3 Å². The van der Waals surface area contributed by atoms with Crippen LogP contribution in [-0.4, -0.2) is 53.7 Å². The first-order valence-corrected chi connectivity index (χ1v) is 5.76. The van der Waals surface area contributed by atoms with Gasteiger partial charge in [0, 0.05) is 5.92 Å². The summed E-state index contributed by atoms with van der Waals surface area (Å²) in [7, 11) is 0. The average Bonchev–Trinajstić information content (AvgIpc) is 2.94. The highest BCUT2D eigenvalue weighted by Gasteiger charge is 2.35. The molecule has 0 radical (unpaired) electrons. The molecule has 0 fully saturated rings. The van der Waals surface area contributed by atoms with Gasteiger partial charge in [0.25, 0.3) is 0 Å². The summed E-state index contributed by atoms with van der Waals surface area (Å²) in [5.41, 5.74) is 6.98. The smallest absolute Gasteiger partial charge is 0.169 e. The number of nitrogen functional groups attached to an aromatic ring is 1. The van der Waals surface area contributed by atoms with E-state index >= 15 is 0 Å². The van der Waals surface area contributed by atoms with Crippen LogP contribution in [0.15, 0.2) is 18.7 Å². The van der Waals surface area contributed by atoms with Gasteiger partial charge in [-0.1, -0.05) is 6.08 Å². The summed E-state index contributed by atoms with van der Waals surface area (Å²) >= 11 is 0. The van der Waals surface area contributed by atoms with E-state index in [-0.39, 0.29) is 12.4 Å². The SMILES string of the molecule is Nc1ncnc2c1ncn2C1=C[C@@H](CO)[C@H](O)[C@@H]1O. The third-order valence-corrected chi connectivity index (χ3v) is 3.30. The minimum absolute atomic E-state index is 0.245. The van der Waals surface area contributed by atoms with Gasteiger partial charge in [-0.2, -0.15) is 0 Å². The Hall–Kier alpha value is -2.03. The Morgan fingerprint density at radius 3 is 2.74 bits per heavy atom. The molecule has 8 nitrogen and oxygen atoms in total. The first kappa shape index (κ1) is 12.0. The Bertz CT molecular complexity index is 653. The molecule has 0 bridgehead atoms. The monoisotopic (exact) mass is 263 g/mol. The number of fused-ring (bicyclic) bond motifs is 1. The van der Waals surface area contributed by atoms with Gasteiger partial charge < -0.3 is 21.1 Å². The van der Waals surface area contributed by atoms with E-state index < -0.39 is 18.1 Å². The summed E-state index contributed by atoms with van der Waals surface area (Å²) in [6.45, 7) is -0.245. The number of nitrogens with two attached hydrogens (primary N) is 1. The van der Waals surface area contributed by atoms with E-state index in [1.165, 1.54) is 17.2 Å². The number of hydrogen-bond donors (Lipinski definition) is 4. The first-order valence-electron chi connectivity index (χ1n) is 5.76. The number of anilines is 1. The van der Waals surface area contributed by atoms with Crippen LogP contribution in [-0.2, 0) is 0 Å². The molecule has 0 saturated carbocycles. The normalized spacial score (nSPS) is 26.9. The number of aliphatic hydroxyl groups is 3. The fraction of sp³-hybridized carbons (Fsp3) is 0.364. The summed E-state index contributed by atoms with van der Waals surface area (Å²) in [6.07, 6.45) is 2.21. The highest BCUT2D eigenvalue weighted by Crippen LogP contribution is 2.30. The zero-order valence-corrected chi connectivity index (χ0v) is 9.88. The van der Waals surface area contributed by atoms with Gasteiger partial charge in [-0.15, -0.1) is 0 Å². The maximum Gasteiger partial charge on any atom is 0.169 e. The van der Waals surface area contributed by atoms with Crippen LogP contribution in [0.2, 0.25) is 0 Å². The maximum atomic E-state index is 10.0. The Balaban J connectivity index is 2.13. The molecule has 1 aliphatic rings. The zero-order chi connectivity index (χ0) is 13.6. The molecule has 8 heteroatoms. The number of aromatic nitrogens is 4. The Labute approximate surface area is 107 Å². The van der Waals surface area contributed by atoms with Crippen molar-refractivity contribution >= 4 is 22.7 Å². The molecular weight excluding hydrogens is 250 g/mol. The van der Waals surface area contributed by atoms with E-state index in [0.29, 0.717) is 16.9 Å². The summed E-state index contributed by atoms with van der Waals surface area (Å²) in [5, 5.41) is 28.9. The van der Waals surface area contributed by atoms with Crippen LogP contribution in [0.4, 0.5) is 5.82 Å². The molecule has 0 aromatic carbocycles. The lowest BCUT2D eigenvalue weighted by molar-refractivity contribution is 0.0199. The van der Waals surface area contributed by atoms with Crippen LogP contribution in [0.5, 0.6) is 0 Å². The molecule has 0 saturated heterocycles. The van der Waals surface area contributed by atoms with Gasteiger partial charge in [-0.05, 0) is 0 Å². The molecule has 3 rings (SSSR count). The molecule has 1 aliphatic carbocycles. The standard InChI is InChI=1S/C11H13N5O3/c12-10-7-11(14-3-13-10)16(4-15-7)6-1-5(2-17)8(18)9(6)19/h1,3-5,8-9,17-19H,2H2,(H2,12,13,14)/t5-,8-,9+/m0/s1. The van der Waals surface area contributed by atoms with Crippen LogP contribution in [0, 0.1) is 5.92 Å². The first-order chi connectivity index (χ1) is 9.13. The minimum atomic E-state index is -1.11. The number of aliphatic hydroxyl groups excluding tert-OH is 3. The van der Waals surface area contributed by atoms with Crippen LogP contribution in [0.3, 0.4) is 0 Å². The van der Waals surface area contributed by atoms with Gasteiger partial charge >= 0.3 is 0 Å². The fourth-order valence-corrected chi connectivity index (χ4v) is 2.25. The molecule has 100 valence electrons. The Morgan fingerprint density at radius 2 is 2.05 bits per heavy atom. The van der Waals surface area contributed by atoms with Crippen molar-refractivity contribution in [2.24, 2.45) is 5.92 Å². The van der Waals surface area contributed by atoms with Crippen LogP contribution < -0.4 is 5.73 Å². The fourth-order valence-electron chi connectivity index (χ4n) is 2.25. The molecule has 0 amide bonds. The van der Waals surface area contributed by atoms with E-state index in [0.717, 1.165) is 0 Å². The summed E-state index contributed by atoms with van der Waals surface area (Å²) < 4.78 is 1.54. The van der Waals surface area contributed by atoms with Crippen LogP contribution in [0.25, 0.3) is 16.9 Å². The second-order valence-electron chi connectivity index (χ2n) is 4.42. The predicted octanol–water partition coefficient (Wildman–Crippen LogP) is -1.41. The molecule has 0 aliphatic heterocycles. The Kier molecular flexibility index (Phi) is 2.70.